The quantitative estimate of drug-likeness (QED) is 0.710. The van der Waals surface area contributed by atoms with Gasteiger partial charge in [0.25, 0.3) is 0 Å². The second kappa shape index (κ2) is 4.65. The number of anilines is 1. The first-order valence-corrected chi connectivity index (χ1v) is 5.99. The predicted molar refractivity (Wildman–Crippen MR) is 71.4 cm³/mol. The summed E-state index contributed by atoms with van der Waals surface area (Å²) in [6.45, 7) is 1.67. The van der Waals surface area contributed by atoms with E-state index >= 15 is 0 Å². The van der Waals surface area contributed by atoms with Gasteiger partial charge in [-0.15, -0.1) is 5.10 Å². The summed E-state index contributed by atoms with van der Waals surface area (Å²) in [7, 11) is 0. The lowest BCUT2D eigenvalue weighted by Crippen LogP contribution is -2.28. The van der Waals surface area contributed by atoms with Crippen molar-refractivity contribution in [3.05, 3.63) is 46.6 Å². The Hall–Kier alpha value is -2.90. The number of carbonyl (C=O) groups is 1. The van der Waals surface area contributed by atoms with Gasteiger partial charge in [-0.1, -0.05) is 6.07 Å². The first-order valence-electron chi connectivity index (χ1n) is 5.99. The fourth-order valence-electron chi connectivity index (χ4n) is 1.87. The van der Waals surface area contributed by atoms with Crippen LogP contribution in [0.3, 0.4) is 0 Å². The molecule has 0 aliphatic heterocycles. The SMILES string of the molecule is Cc1cc(NC(=O)Cn2nc3ccccn3c2=O)n[nH]1. The number of nitrogens with zero attached hydrogens (tertiary/aromatic N) is 4. The first-order chi connectivity index (χ1) is 9.63. The molecule has 0 fully saturated rings. The topological polar surface area (TPSA) is 97.1 Å². The van der Waals surface area contributed by atoms with Crippen LogP contribution in [0, 0.1) is 6.92 Å². The summed E-state index contributed by atoms with van der Waals surface area (Å²) in [5, 5.41) is 13.3. The van der Waals surface area contributed by atoms with E-state index in [1.54, 1.807) is 30.5 Å². The molecule has 3 aromatic heterocycles. The van der Waals surface area contributed by atoms with Gasteiger partial charge in [0.1, 0.15) is 6.54 Å². The van der Waals surface area contributed by atoms with E-state index in [0.29, 0.717) is 11.5 Å². The second-order valence-corrected chi connectivity index (χ2v) is 4.35. The minimum Gasteiger partial charge on any atom is -0.308 e. The van der Waals surface area contributed by atoms with Crippen LogP contribution in [0.15, 0.2) is 35.3 Å². The normalized spacial score (nSPS) is 10.8. The Morgan fingerprint density at radius 1 is 1.45 bits per heavy atom. The molecular formula is C12H12N6O2. The third-order valence-electron chi connectivity index (χ3n) is 2.76. The summed E-state index contributed by atoms with van der Waals surface area (Å²) in [4.78, 5) is 23.8. The first kappa shape index (κ1) is 12.2. The van der Waals surface area contributed by atoms with Crippen LogP contribution in [0.4, 0.5) is 5.82 Å². The zero-order valence-electron chi connectivity index (χ0n) is 10.7. The standard InChI is InChI=1S/C12H12N6O2/c1-8-6-9(15-14-8)13-11(19)7-18-12(20)17-5-3-2-4-10(17)16-18/h2-6H,7H2,1H3,(H2,13,14,15,19). The van der Waals surface area contributed by atoms with Gasteiger partial charge in [0.05, 0.1) is 0 Å². The minimum absolute atomic E-state index is 0.160. The molecule has 0 aliphatic carbocycles. The molecule has 20 heavy (non-hydrogen) atoms. The fraction of sp³-hybridized carbons (Fsp3) is 0.167. The molecule has 2 N–H and O–H groups in total. The summed E-state index contributed by atoms with van der Waals surface area (Å²) < 4.78 is 2.50. The number of hydrogen-bond acceptors (Lipinski definition) is 4. The van der Waals surface area contributed by atoms with Gasteiger partial charge in [0.15, 0.2) is 11.5 Å². The summed E-state index contributed by atoms with van der Waals surface area (Å²) in [5.74, 6) is 0.0614. The molecule has 102 valence electrons. The van der Waals surface area contributed by atoms with Crippen LogP contribution in [0.1, 0.15) is 5.69 Å². The maximum absolute atomic E-state index is 12.0. The minimum atomic E-state index is -0.359. The Morgan fingerprint density at radius 2 is 2.30 bits per heavy atom. The lowest BCUT2D eigenvalue weighted by atomic mass is 10.4. The molecule has 0 saturated carbocycles. The maximum atomic E-state index is 12.0. The van der Waals surface area contributed by atoms with Crippen LogP contribution in [0.25, 0.3) is 5.65 Å². The number of carbonyl (C=O) groups excluding carboxylic acids is 1. The van der Waals surface area contributed by atoms with Gasteiger partial charge in [0, 0.05) is 18.0 Å². The lowest BCUT2D eigenvalue weighted by molar-refractivity contribution is -0.117. The number of amides is 1. The number of aromatic nitrogens is 5. The summed E-state index contributed by atoms with van der Waals surface area (Å²) in [6.07, 6.45) is 1.61. The molecule has 0 spiro atoms. The van der Waals surface area contributed by atoms with Gasteiger partial charge in [0.2, 0.25) is 5.91 Å². The van der Waals surface area contributed by atoms with E-state index in [0.717, 1.165) is 10.4 Å². The van der Waals surface area contributed by atoms with Crippen molar-refractivity contribution in [2.75, 3.05) is 5.32 Å². The Labute approximate surface area is 113 Å². The van der Waals surface area contributed by atoms with Crippen LogP contribution in [-0.4, -0.2) is 30.3 Å². The van der Waals surface area contributed by atoms with Gasteiger partial charge in [-0.05, 0) is 19.1 Å². The van der Waals surface area contributed by atoms with E-state index in [1.807, 2.05) is 6.92 Å². The highest BCUT2D eigenvalue weighted by molar-refractivity contribution is 5.89. The van der Waals surface area contributed by atoms with Gasteiger partial charge in [-0.25, -0.2) is 9.48 Å². The number of rotatable bonds is 3. The van der Waals surface area contributed by atoms with Crippen molar-refractivity contribution in [2.24, 2.45) is 0 Å². The Bertz CT molecular complexity index is 828. The number of pyridine rings is 1. The highest BCUT2D eigenvalue weighted by atomic mass is 16.2. The highest BCUT2D eigenvalue weighted by Gasteiger charge is 2.11. The average molecular weight is 272 g/mol. The molecule has 0 aromatic carbocycles. The zero-order chi connectivity index (χ0) is 14.1. The number of aryl methyl sites for hydroxylation is 1. The second-order valence-electron chi connectivity index (χ2n) is 4.35. The highest BCUT2D eigenvalue weighted by Crippen LogP contribution is 2.03. The molecule has 3 heterocycles. The van der Waals surface area contributed by atoms with Crippen molar-refractivity contribution < 1.29 is 4.79 Å². The number of fused-ring (bicyclic) bond motifs is 1. The van der Waals surface area contributed by atoms with Crippen molar-refractivity contribution in [3.63, 3.8) is 0 Å². The fourth-order valence-corrected chi connectivity index (χ4v) is 1.87. The molecule has 3 rings (SSSR count). The van der Waals surface area contributed by atoms with Crippen molar-refractivity contribution in [2.45, 2.75) is 13.5 Å². The average Bonchev–Trinajstić information content (AvgIpc) is 2.95. The molecule has 0 saturated heterocycles. The molecule has 1 amide bonds. The van der Waals surface area contributed by atoms with E-state index in [-0.39, 0.29) is 18.1 Å². The monoisotopic (exact) mass is 272 g/mol. The predicted octanol–water partition coefficient (Wildman–Crippen LogP) is 0.166. The summed E-state index contributed by atoms with van der Waals surface area (Å²) in [5.41, 5.74) is 0.986. The summed E-state index contributed by atoms with van der Waals surface area (Å²) >= 11 is 0. The smallest absolute Gasteiger partial charge is 0.308 e. The Balaban J connectivity index is 1.81. The number of aromatic amines is 1. The van der Waals surface area contributed by atoms with E-state index in [4.69, 9.17) is 0 Å². The molecular weight excluding hydrogens is 260 g/mol. The van der Waals surface area contributed by atoms with Crippen LogP contribution in [-0.2, 0) is 11.3 Å². The van der Waals surface area contributed by atoms with Crippen molar-refractivity contribution in [1.29, 1.82) is 0 Å². The van der Waals surface area contributed by atoms with Crippen LogP contribution >= 0.6 is 0 Å². The molecule has 0 radical (unpaired) electrons. The van der Waals surface area contributed by atoms with Crippen molar-refractivity contribution >= 4 is 17.4 Å². The van der Waals surface area contributed by atoms with Gasteiger partial charge < -0.3 is 5.32 Å². The van der Waals surface area contributed by atoms with E-state index in [1.165, 1.54) is 4.40 Å². The third kappa shape index (κ3) is 2.18. The largest absolute Gasteiger partial charge is 0.350 e. The van der Waals surface area contributed by atoms with Crippen LogP contribution < -0.4 is 11.0 Å². The maximum Gasteiger partial charge on any atom is 0.350 e. The third-order valence-corrected chi connectivity index (χ3v) is 2.76. The molecule has 0 aliphatic rings. The van der Waals surface area contributed by atoms with Crippen molar-refractivity contribution in [1.82, 2.24) is 24.4 Å². The van der Waals surface area contributed by atoms with E-state index < -0.39 is 0 Å². The molecule has 8 heteroatoms. The molecule has 8 nitrogen and oxygen atoms in total. The zero-order valence-corrected chi connectivity index (χ0v) is 10.7. The van der Waals surface area contributed by atoms with Gasteiger partial charge in [-0.2, -0.15) is 5.10 Å². The number of H-pyrrole nitrogens is 1. The summed E-state index contributed by atoms with van der Waals surface area (Å²) in [6, 6.07) is 6.91. The molecule has 3 aromatic rings. The van der Waals surface area contributed by atoms with Gasteiger partial charge >= 0.3 is 5.69 Å². The van der Waals surface area contributed by atoms with Gasteiger partial charge in [-0.3, -0.25) is 14.3 Å². The van der Waals surface area contributed by atoms with Crippen LogP contribution in [0.2, 0.25) is 0 Å². The molecule has 0 atom stereocenters. The molecule has 0 bridgehead atoms. The Kier molecular flexibility index (Phi) is 2.82. The Morgan fingerprint density at radius 3 is 3.00 bits per heavy atom. The molecule has 0 unspecified atom stereocenters. The number of hydrogen-bond donors (Lipinski definition) is 2. The number of nitrogens with one attached hydrogen (secondary N) is 2. The van der Waals surface area contributed by atoms with E-state index in [9.17, 15) is 9.59 Å². The van der Waals surface area contributed by atoms with Crippen molar-refractivity contribution in [3.8, 4) is 0 Å². The lowest BCUT2D eigenvalue weighted by Gasteiger charge is -2.00. The van der Waals surface area contributed by atoms with E-state index in [2.05, 4.69) is 20.6 Å². The van der Waals surface area contributed by atoms with Crippen LogP contribution in [0.5, 0.6) is 0 Å².